The fourth-order valence-electron chi connectivity index (χ4n) is 3.85. The van der Waals surface area contributed by atoms with Gasteiger partial charge in [0.1, 0.15) is 0 Å². The molecule has 0 N–H and O–H groups in total. The molecule has 0 amide bonds. The quantitative estimate of drug-likeness (QED) is 0.827. The van der Waals surface area contributed by atoms with Crippen molar-refractivity contribution >= 4 is 5.78 Å². The summed E-state index contributed by atoms with van der Waals surface area (Å²) in [5, 5.41) is 0. The van der Waals surface area contributed by atoms with Crippen molar-refractivity contribution in [2.45, 2.75) is 52.5 Å². The number of rotatable bonds is 2. The fourth-order valence-corrected chi connectivity index (χ4v) is 3.85. The SMILES string of the molecule is CCN1CCCC(n2ccc3c2CC(C)(C)CC3=O)C1. The molecule has 110 valence electrons. The average molecular weight is 274 g/mol. The summed E-state index contributed by atoms with van der Waals surface area (Å²) < 4.78 is 2.41. The van der Waals surface area contributed by atoms with E-state index in [4.69, 9.17) is 0 Å². The Hall–Kier alpha value is -1.09. The number of Topliss-reactive ketones (excluding diaryl/α,β-unsaturated/α-hetero) is 1. The molecule has 1 aliphatic heterocycles. The number of fused-ring (bicyclic) bond motifs is 1. The van der Waals surface area contributed by atoms with Crippen LogP contribution in [0.5, 0.6) is 0 Å². The molecule has 1 aromatic heterocycles. The summed E-state index contributed by atoms with van der Waals surface area (Å²) in [7, 11) is 0. The third-order valence-corrected chi connectivity index (χ3v) is 4.93. The van der Waals surface area contributed by atoms with Crippen molar-refractivity contribution in [3.63, 3.8) is 0 Å². The largest absolute Gasteiger partial charge is 0.346 e. The van der Waals surface area contributed by atoms with Gasteiger partial charge >= 0.3 is 0 Å². The normalized spacial score (nSPS) is 26.6. The van der Waals surface area contributed by atoms with Crippen LogP contribution in [0.15, 0.2) is 12.3 Å². The molecule has 1 atom stereocenters. The maximum atomic E-state index is 12.3. The summed E-state index contributed by atoms with van der Waals surface area (Å²) in [5.74, 6) is 0.332. The van der Waals surface area contributed by atoms with Crippen molar-refractivity contribution in [3.05, 3.63) is 23.5 Å². The van der Waals surface area contributed by atoms with Gasteiger partial charge in [0, 0.05) is 36.5 Å². The Kier molecular flexibility index (Phi) is 3.49. The van der Waals surface area contributed by atoms with Crippen molar-refractivity contribution in [3.8, 4) is 0 Å². The van der Waals surface area contributed by atoms with Crippen molar-refractivity contribution in [1.82, 2.24) is 9.47 Å². The Morgan fingerprint density at radius 1 is 1.35 bits per heavy atom. The molecule has 20 heavy (non-hydrogen) atoms. The van der Waals surface area contributed by atoms with Gasteiger partial charge in [-0.1, -0.05) is 20.8 Å². The molecule has 1 aliphatic carbocycles. The van der Waals surface area contributed by atoms with Gasteiger partial charge in [-0.15, -0.1) is 0 Å². The van der Waals surface area contributed by atoms with Crippen LogP contribution in [0.1, 0.15) is 62.1 Å². The third-order valence-electron chi connectivity index (χ3n) is 4.93. The number of nitrogens with zero attached hydrogens (tertiary/aromatic N) is 2. The monoisotopic (exact) mass is 274 g/mol. The van der Waals surface area contributed by atoms with E-state index in [2.05, 4.69) is 42.5 Å². The van der Waals surface area contributed by atoms with Gasteiger partial charge in [-0.05, 0) is 43.8 Å². The lowest BCUT2D eigenvalue weighted by Gasteiger charge is -2.36. The number of carbonyl (C=O) groups is 1. The second-order valence-electron chi connectivity index (χ2n) is 7.21. The maximum absolute atomic E-state index is 12.3. The van der Waals surface area contributed by atoms with Gasteiger partial charge in [-0.2, -0.15) is 0 Å². The molecule has 3 rings (SSSR count). The van der Waals surface area contributed by atoms with Crippen molar-refractivity contribution in [1.29, 1.82) is 0 Å². The van der Waals surface area contributed by atoms with Gasteiger partial charge in [-0.3, -0.25) is 4.79 Å². The van der Waals surface area contributed by atoms with Gasteiger partial charge < -0.3 is 9.47 Å². The summed E-state index contributed by atoms with van der Waals surface area (Å²) in [6, 6.07) is 2.60. The van der Waals surface area contributed by atoms with E-state index in [9.17, 15) is 4.79 Å². The number of aromatic nitrogens is 1. The van der Waals surface area contributed by atoms with Gasteiger partial charge in [0.05, 0.1) is 0 Å². The molecule has 3 nitrogen and oxygen atoms in total. The van der Waals surface area contributed by atoms with Crippen molar-refractivity contribution in [2.24, 2.45) is 5.41 Å². The zero-order valence-electron chi connectivity index (χ0n) is 13.0. The van der Waals surface area contributed by atoms with Gasteiger partial charge in [0.2, 0.25) is 0 Å². The molecule has 3 heteroatoms. The van der Waals surface area contributed by atoms with Crippen LogP contribution in [0.2, 0.25) is 0 Å². The first kappa shape index (κ1) is 13.9. The highest BCUT2D eigenvalue weighted by molar-refractivity contribution is 5.98. The minimum Gasteiger partial charge on any atom is -0.346 e. The number of hydrogen-bond acceptors (Lipinski definition) is 2. The van der Waals surface area contributed by atoms with Crippen LogP contribution < -0.4 is 0 Å². The lowest BCUT2D eigenvalue weighted by atomic mass is 9.76. The summed E-state index contributed by atoms with van der Waals surface area (Å²) in [6.45, 7) is 10.1. The topological polar surface area (TPSA) is 25.2 Å². The predicted molar refractivity (Wildman–Crippen MR) is 81.2 cm³/mol. The van der Waals surface area contributed by atoms with Gasteiger partial charge in [-0.25, -0.2) is 0 Å². The number of piperidine rings is 1. The highest BCUT2D eigenvalue weighted by Gasteiger charge is 2.34. The molecular weight excluding hydrogens is 248 g/mol. The predicted octanol–water partition coefficient (Wildman–Crippen LogP) is 3.30. The van der Waals surface area contributed by atoms with E-state index in [1.54, 1.807) is 0 Å². The van der Waals surface area contributed by atoms with E-state index < -0.39 is 0 Å². The van der Waals surface area contributed by atoms with E-state index in [0.29, 0.717) is 18.2 Å². The van der Waals surface area contributed by atoms with E-state index in [-0.39, 0.29) is 5.41 Å². The van der Waals surface area contributed by atoms with Crippen LogP contribution in [0.25, 0.3) is 0 Å². The van der Waals surface area contributed by atoms with Crippen molar-refractivity contribution in [2.75, 3.05) is 19.6 Å². The van der Waals surface area contributed by atoms with Crippen LogP contribution in [0, 0.1) is 5.41 Å². The zero-order chi connectivity index (χ0) is 14.3. The first-order valence-electron chi connectivity index (χ1n) is 7.95. The molecule has 1 unspecified atom stereocenters. The lowest BCUT2D eigenvalue weighted by molar-refractivity contribution is 0.0907. The minimum atomic E-state index is 0.110. The molecule has 1 aromatic rings. The molecule has 0 spiro atoms. The van der Waals surface area contributed by atoms with E-state index in [0.717, 1.165) is 25.1 Å². The molecule has 2 aliphatic rings. The Morgan fingerprint density at radius 2 is 2.15 bits per heavy atom. The smallest absolute Gasteiger partial charge is 0.165 e. The Morgan fingerprint density at radius 3 is 2.90 bits per heavy atom. The summed E-state index contributed by atoms with van der Waals surface area (Å²) in [5.41, 5.74) is 2.38. The number of carbonyl (C=O) groups excluding carboxylic acids is 1. The van der Waals surface area contributed by atoms with Crippen LogP contribution in [-0.4, -0.2) is 34.9 Å². The van der Waals surface area contributed by atoms with E-state index in [1.807, 2.05) is 0 Å². The number of likely N-dealkylation sites (N-methyl/N-ethyl adjacent to an activating group) is 1. The van der Waals surface area contributed by atoms with Gasteiger partial charge in [0.15, 0.2) is 5.78 Å². The molecule has 0 aromatic carbocycles. The second-order valence-corrected chi connectivity index (χ2v) is 7.21. The zero-order valence-corrected chi connectivity index (χ0v) is 13.0. The van der Waals surface area contributed by atoms with E-state index >= 15 is 0 Å². The first-order chi connectivity index (χ1) is 9.50. The Balaban J connectivity index is 1.90. The molecular formula is C17H26N2O. The van der Waals surface area contributed by atoms with Crippen LogP contribution in [0.3, 0.4) is 0 Å². The number of hydrogen-bond donors (Lipinski definition) is 0. The molecule has 0 radical (unpaired) electrons. The molecule has 2 heterocycles. The minimum absolute atomic E-state index is 0.110. The fraction of sp³-hybridized carbons (Fsp3) is 0.706. The lowest BCUT2D eigenvalue weighted by Crippen LogP contribution is -2.37. The highest BCUT2D eigenvalue weighted by atomic mass is 16.1. The standard InChI is InChI=1S/C17H26N2O/c1-4-18-8-5-6-13(12-18)19-9-7-14-15(19)10-17(2,3)11-16(14)20/h7,9,13H,4-6,8,10-12H2,1-3H3. The highest BCUT2D eigenvalue weighted by Crippen LogP contribution is 2.37. The van der Waals surface area contributed by atoms with Crippen LogP contribution in [0.4, 0.5) is 0 Å². The van der Waals surface area contributed by atoms with E-state index in [1.165, 1.54) is 25.1 Å². The third kappa shape index (κ3) is 2.44. The summed E-state index contributed by atoms with van der Waals surface area (Å²) in [4.78, 5) is 14.8. The molecule has 1 fully saturated rings. The van der Waals surface area contributed by atoms with Crippen molar-refractivity contribution < 1.29 is 4.79 Å². The van der Waals surface area contributed by atoms with Gasteiger partial charge in [0.25, 0.3) is 0 Å². The molecule has 1 saturated heterocycles. The Bertz CT molecular complexity index is 515. The number of ketones is 1. The summed E-state index contributed by atoms with van der Waals surface area (Å²) in [6.07, 6.45) is 6.39. The summed E-state index contributed by atoms with van der Waals surface area (Å²) >= 11 is 0. The van der Waals surface area contributed by atoms with Crippen LogP contribution >= 0.6 is 0 Å². The molecule has 0 bridgehead atoms. The first-order valence-corrected chi connectivity index (χ1v) is 7.95. The Labute approximate surface area is 122 Å². The molecule has 0 saturated carbocycles. The maximum Gasteiger partial charge on any atom is 0.165 e. The number of likely N-dealkylation sites (tertiary alicyclic amines) is 1. The average Bonchev–Trinajstić information content (AvgIpc) is 2.81. The van der Waals surface area contributed by atoms with Crippen LogP contribution in [-0.2, 0) is 6.42 Å². The second kappa shape index (κ2) is 5.03.